The van der Waals surface area contributed by atoms with Gasteiger partial charge in [0.15, 0.2) is 0 Å². The van der Waals surface area contributed by atoms with Gasteiger partial charge in [-0.25, -0.2) is 0 Å². The molecule has 4 heteroatoms. The maximum absolute atomic E-state index is 11.7. The van der Waals surface area contributed by atoms with Gasteiger partial charge in [0.25, 0.3) is 5.91 Å². The number of benzene rings is 1. The quantitative estimate of drug-likeness (QED) is 0.669. The second-order valence-electron chi connectivity index (χ2n) is 4.38. The molecule has 4 nitrogen and oxygen atoms in total. The topological polar surface area (TPSA) is 81.1 Å². The van der Waals surface area contributed by atoms with Crippen LogP contribution in [-0.2, 0) is 0 Å². The fraction of sp³-hybridized carbons (Fsp3) is 0.417. The van der Waals surface area contributed by atoms with Crippen LogP contribution in [0.1, 0.15) is 29.6 Å². The van der Waals surface area contributed by atoms with Crippen molar-refractivity contribution in [1.29, 1.82) is 0 Å². The smallest absolute Gasteiger partial charge is 0.251 e. The standard InChI is InChI=1S/C12H17N3O/c13-10-5-9(6-11(14)7-10)12(16)15-4-3-8-1-2-8/h5-8H,1-4,13-14H2,(H,15,16). The van der Waals surface area contributed by atoms with Crippen LogP contribution in [0, 0.1) is 5.92 Å². The lowest BCUT2D eigenvalue weighted by molar-refractivity contribution is 0.0953. The van der Waals surface area contributed by atoms with Crippen LogP contribution in [0.3, 0.4) is 0 Å². The number of nitrogens with one attached hydrogen (secondary N) is 1. The molecule has 0 saturated heterocycles. The number of hydrogen-bond donors (Lipinski definition) is 3. The van der Waals surface area contributed by atoms with E-state index in [1.165, 1.54) is 12.8 Å². The molecule has 0 aromatic heterocycles. The molecule has 0 atom stereocenters. The van der Waals surface area contributed by atoms with E-state index in [0.29, 0.717) is 16.9 Å². The minimum absolute atomic E-state index is 0.0975. The van der Waals surface area contributed by atoms with E-state index in [2.05, 4.69) is 5.32 Å². The number of hydrogen-bond acceptors (Lipinski definition) is 3. The zero-order valence-corrected chi connectivity index (χ0v) is 9.20. The first-order valence-electron chi connectivity index (χ1n) is 5.59. The summed E-state index contributed by atoms with van der Waals surface area (Å²) in [4.78, 5) is 11.7. The number of rotatable bonds is 4. The molecule has 1 aromatic rings. The fourth-order valence-electron chi connectivity index (χ4n) is 1.71. The number of carbonyl (C=O) groups is 1. The number of nitrogens with two attached hydrogens (primary N) is 2. The van der Waals surface area contributed by atoms with Gasteiger partial charge < -0.3 is 16.8 Å². The highest BCUT2D eigenvalue weighted by atomic mass is 16.1. The maximum atomic E-state index is 11.7. The molecule has 0 radical (unpaired) electrons. The molecule has 1 amide bonds. The summed E-state index contributed by atoms with van der Waals surface area (Å²) in [7, 11) is 0. The van der Waals surface area contributed by atoms with Gasteiger partial charge in [-0.3, -0.25) is 4.79 Å². The van der Waals surface area contributed by atoms with Crippen LogP contribution in [0.4, 0.5) is 11.4 Å². The van der Waals surface area contributed by atoms with Gasteiger partial charge in [-0.2, -0.15) is 0 Å². The van der Waals surface area contributed by atoms with Crippen molar-refractivity contribution in [1.82, 2.24) is 5.32 Å². The summed E-state index contributed by atoms with van der Waals surface area (Å²) in [6.07, 6.45) is 3.69. The number of amides is 1. The second-order valence-corrected chi connectivity index (χ2v) is 4.38. The zero-order chi connectivity index (χ0) is 11.5. The summed E-state index contributed by atoms with van der Waals surface area (Å²) in [6.45, 7) is 0.734. The maximum Gasteiger partial charge on any atom is 0.251 e. The first-order chi connectivity index (χ1) is 7.65. The van der Waals surface area contributed by atoms with Crippen LogP contribution in [0.5, 0.6) is 0 Å². The molecule has 1 fully saturated rings. The van der Waals surface area contributed by atoms with Crippen LogP contribution in [0.25, 0.3) is 0 Å². The van der Waals surface area contributed by atoms with Crippen molar-refractivity contribution < 1.29 is 4.79 Å². The summed E-state index contributed by atoms with van der Waals surface area (Å²) in [5.41, 5.74) is 12.8. The normalized spacial score (nSPS) is 14.8. The third kappa shape index (κ3) is 2.89. The van der Waals surface area contributed by atoms with Crippen LogP contribution in [0.15, 0.2) is 18.2 Å². The van der Waals surface area contributed by atoms with E-state index >= 15 is 0 Å². The van der Waals surface area contributed by atoms with Crippen molar-refractivity contribution in [3.05, 3.63) is 23.8 Å². The summed E-state index contributed by atoms with van der Waals surface area (Å²) in [5, 5.41) is 2.87. The van der Waals surface area contributed by atoms with E-state index in [1.54, 1.807) is 18.2 Å². The molecule has 0 heterocycles. The van der Waals surface area contributed by atoms with E-state index in [9.17, 15) is 4.79 Å². The fourth-order valence-corrected chi connectivity index (χ4v) is 1.71. The largest absolute Gasteiger partial charge is 0.399 e. The van der Waals surface area contributed by atoms with Crippen molar-refractivity contribution in [2.45, 2.75) is 19.3 Å². The van der Waals surface area contributed by atoms with Crippen LogP contribution in [-0.4, -0.2) is 12.5 Å². The van der Waals surface area contributed by atoms with Crippen LogP contribution < -0.4 is 16.8 Å². The molecule has 0 spiro atoms. The molecular formula is C12H17N3O. The van der Waals surface area contributed by atoms with Crippen LogP contribution >= 0.6 is 0 Å². The number of anilines is 2. The lowest BCUT2D eigenvalue weighted by Crippen LogP contribution is -2.24. The van der Waals surface area contributed by atoms with Crippen molar-refractivity contribution in [3.63, 3.8) is 0 Å². The second kappa shape index (κ2) is 4.43. The lowest BCUT2D eigenvalue weighted by Gasteiger charge is -2.06. The highest BCUT2D eigenvalue weighted by molar-refractivity contribution is 5.96. The van der Waals surface area contributed by atoms with Gasteiger partial charge in [-0.05, 0) is 30.5 Å². The molecule has 0 aliphatic heterocycles. The average molecular weight is 219 g/mol. The van der Waals surface area contributed by atoms with Crippen molar-refractivity contribution in [2.24, 2.45) is 5.92 Å². The predicted octanol–water partition coefficient (Wildman–Crippen LogP) is 1.38. The third-order valence-electron chi connectivity index (χ3n) is 2.77. The SMILES string of the molecule is Nc1cc(N)cc(C(=O)NCCC2CC2)c1. The molecule has 1 aliphatic rings. The summed E-state index contributed by atoms with van der Waals surface area (Å²) in [6, 6.07) is 4.92. The first-order valence-corrected chi connectivity index (χ1v) is 5.59. The Kier molecular flexibility index (Phi) is 2.99. The van der Waals surface area contributed by atoms with Crippen LogP contribution in [0.2, 0.25) is 0 Å². The molecule has 0 unspecified atom stereocenters. The molecule has 86 valence electrons. The summed E-state index contributed by atoms with van der Waals surface area (Å²) in [5.74, 6) is 0.728. The van der Waals surface area contributed by atoms with Crippen molar-refractivity contribution >= 4 is 17.3 Å². The Hall–Kier alpha value is -1.71. The summed E-state index contributed by atoms with van der Waals surface area (Å²) < 4.78 is 0. The Balaban J connectivity index is 1.91. The van der Waals surface area contributed by atoms with Gasteiger partial charge in [0.1, 0.15) is 0 Å². The minimum atomic E-state index is -0.0975. The highest BCUT2D eigenvalue weighted by Crippen LogP contribution is 2.31. The molecule has 1 aromatic carbocycles. The van der Waals surface area contributed by atoms with Gasteiger partial charge in [0.2, 0.25) is 0 Å². The van der Waals surface area contributed by atoms with E-state index in [1.807, 2.05) is 0 Å². The molecule has 16 heavy (non-hydrogen) atoms. The molecule has 1 aliphatic carbocycles. The Labute approximate surface area is 95.0 Å². The van der Waals surface area contributed by atoms with Gasteiger partial charge in [-0.15, -0.1) is 0 Å². The summed E-state index contributed by atoms with van der Waals surface area (Å²) >= 11 is 0. The molecule has 2 rings (SSSR count). The molecule has 1 saturated carbocycles. The van der Waals surface area contributed by atoms with E-state index in [4.69, 9.17) is 11.5 Å². The zero-order valence-electron chi connectivity index (χ0n) is 9.20. The molecular weight excluding hydrogens is 202 g/mol. The Bertz CT molecular complexity index is 379. The van der Waals surface area contributed by atoms with Gasteiger partial charge in [0, 0.05) is 23.5 Å². The monoisotopic (exact) mass is 219 g/mol. The predicted molar refractivity (Wildman–Crippen MR) is 64.9 cm³/mol. The third-order valence-corrected chi connectivity index (χ3v) is 2.77. The van der Waals surface area contributed by atoms with E-state index in [0.717, 1.165) is 18.9 Å². The van der Waals surface area contributed by atoms with E-state index in [-0.39, 0.29) is 5.91 Å². The Morgan fingerprint density at radius 2 is 1.88 bits per heavy atom. The highest BCUT2D eigenvalue weighted by Gasteiger charge is 2.20. The van der Waals surface area contributed by atoms with Gasteiger partial charge in [0.05, 0.1) is 0 Å². The molecule has 5 N–H and O–H groups in total. The lowest BCUT2D eigenvalue weighted by atomic mass is 10.1. The number of nitrogen functional groups attached to an aromatic ring is 2. The molecule has 0 bridgehead atoms. The van der Waals surface area contributed by atoms with Gasteiger partial charge >= 0.3 is 0 Å². The van der Waals surface area contributed by atoms with Crippen molar-refractivity contribution in [3.8, 4) is 0 Å². The average Bonchev–Trinajstić information content (AvgIpc) is 3.00. The Morgan fingerprint density at radius 1 is 1.25 bits per heavy atom. The van der Waals surface area contributed by atoms with Gasteiger partial charge in [-0.1, -0.05) is 12.8 Å². The minimum Gasteiger partial charge on any atom is -0.399 e. The Morgan fingerprint density at radius 3 is 2.44 bits per heavy atom. The van der Waals surface area contributed by atoms with Crippen molar-refractivity contribution in [2.75, 3.05) is 18.0 Å². The first kappa shape index (κ1) is 10.8. The van der Waals surface area contributed by atoms with E-state index < -0.39 is 0 Å². The number of carbonyl (C=O) groups excluding carboxylic acids is 1.